The van der Waals surface area contributed by atoms with Gasteiger partial charge in [0.1, 0.15) is 6.04 Å². The predicted octanol–water partition coefficient (Wildman–Crippen LogP) is 1.51. The maximum Gasteiger partial charge on any atom is 0.251 e. The standard InChI is InChI=1S/C16H24N4O/c1-11(2)9-20-13-7-12(3)8-17-15(13)19-6-5-18(4)10-14(19)16(20)21/h7-8,11,14H,5-6,9-10H2,1-4H3. The molecule has 5 heteroatoms. The summed E-state index contributed by atoms with van der Waals surface area (Å²) in [5.41, 5.74) is 2.08. The molecule has 21 heavy (non-hydrogen) atoms. The van der Waals surface area contributed by atoms with E-state index in [1.807, 2.05) is 18.0 Å². The Morgan fingerprint density at radius 3 is 2.86 bits per heavy atom. The summed E-state index contributed by atoms with van der Waals surface area (Å²) < 4.78 is 0. The zero-order chi connectivity index (χ0) is 15.1. The van der Waals surface area contributed by atoms with Gasteiger partial charge in [-0.3, -0.25) is 4.79 Å². The number of hydrogen-bond donors (Lipinski definition) is 0. The van der Waals surface area contributed by atoms with Crippen LogP contribution in [0.25, 0.3) is 0 Å². The SMILES string of the molecule is Cc1cnc2c(c1)N(CC(C)C)C(=O)C1CN(C)CCN21. The number of amides is 1. The second-order valence-corrected chi connectivity index (χ2v) is 6.67. The maximum absolute atomic E-state index is 12.9. The Bertz CT molecular complexity index is 557. The molecule has 0 saturated carbocycles. The normalized spacial score (nSPS) is 22.5. The van der Waals surface area contributed by atoms with Crippen LogP contribution in [0.2, 0.25) is 0 Å². The smallest absolute Gasteiger partial charge is 0.251 e. The molecule has 1 unspecified atom stereocenters. The number of aryl methyl sites for hydroxylation is 1. The highest BCUT2D eigenvalue weighted by Gasteiger charge is 2.41. The minimum absolute atomic E-state index is 0.0924. The number of aromatic nitrogens is 1. The Kier molecular flexibility index (Phi) is 3.61. The van der Waals surface area contributed by atoms with Crippen molar-refractivity contribution in [3.63, 3.8) is 0 Å². The van der Waals surface area contributed by atoms with Crippen LogP contribution in [0.3, 0.4) is 0 Å². The molecule has 1 aromatic heterocycles. The van der Waals surface area contributed by atoms with Gasteiger partial charge >= 0.3 is 0 Å². The lowest BCUT2D eigenvalue weighted by Crippen LogP contribution is -2.62. The van der Waals surface area contributed by atoms with Gasteiger partial charge in [-0.1, -0.05) is 13.8 Å². The third kappa shape index (κ3) is 2.50. The van der Waals surface area contributed by atoms with Crippen molar-refractivity contribution in [1.82, 2.24) is 9.88 Å². The molecule has 1 fully saturated rings. The van der Waals surface area contributed by atoms with Gasteiger partial charge in [-0.25, -0.2) is 4.98 Å². The van der Waals surface area contributed by atoms with E-state index in [0.29, 0.717) is 5.92 Å². The van der Waals surface area contributed by atoms with E-state index in [2.05, 4.69) is 41.7 Å². The van der Waals surface area contributed by atoms with Crippen molar-refractivity contribution in [2.45, 2.75) is 26.8 Å². The van der Waals surface area contributed by atoms with Crippen LogP contribution in [-0.2, 0) is 4.79 Å². The molecular weight excluding hydrogens is 264 g/mol. The lowest BCUT2D eigenvalue weighted by molar-refractivity contribution is -0.121. The number of pyridine rings is 1. The first kappa shape index (κ1) is 14.3. The highest BCUT2D eigenvalue weighted by molar-refractivity contribution is 6.05. The monoisotopic (exact) mass is 288 g/mol. The molecule has 3 rings (SSSR count). The molecule has 1 aromatic rings. The van der Waals surface area contributed by atoms with E-state index in [1.54, 1.807) is 0 Å². The Morgan fingerprint density at radius 1 is 1.38 bits per heavy atom. The topological polar surface area (TPSA) is 39.7 Å². The summed E-state index contributed by atoms with van der Waals surface area (Å²) in [6.45, 7) is 9.70. The number of nitrogens with zero attached hydrogens (tertiary/aromatic N) is 4. The minimum Gasteiger partial charge on any atom is -0.340 e. The number of anilines is 2. The van der Waals surface area contributed by atoms with Crippen LogP contribution in [0.15, 0.2) is 12.3 Å². The Balaban J connectivity index is 2.05. The summed E-state index contributed by atoms with van der Waals surface area (Å²) >= 11 is 0. The predicted molar refractivity (Wildman–Crippen MR) is 84.8 cm³/mol. The fraction of sp³-hybridized carbons (Fsp3) is 0.625. The fourth-order valence-electron chi connectivity index (χ4n) is 3.20. The van der Waals surface area contributed by atoms with E-state index in [4.69, 9.17) is 0 Å². The molecule has 2 aliphatic heterocycles. The van der Waals surface area contributed by atoms with Gasteiger partial charge in [-0.05, 0) is 31.5 Å². The molecule has 1 atom stereocenters. The maximum atomic E-state index is 12.9. The largest absolute Gasteiger partial charge is 0.340 e. The van der Waals surface area contributed by atoms with Crippen molar-refractivity contribution in [2.75, 3.05) is 43.0 Å². The van der Waals surface area contributed by atoms with E-state index in [1.165, 1.54) is 0 Å². The lowest BCUT2D eigenvalue weighted by Gasteiger charge is -2.47. The quantitative estimate of drug-likeness (QED) is 0.827. The van der Waals surface area contributed by atoms with Gasteiger partial charge in [0.15, 0.2) is 5.82 Å². The van der Waals surface area contributed by atoms with Gasteiger partial charge < -0.3 is 14.7 Å². The zero-order valence-electron chi connectivity index (χ0n) is 13.3. The van der Waals surface area contributed by atoms with Gasteiger partial charge in [-0.15, -0.1) is 0 Å². The molecule has 1 saturated heterocycles. The molecular formula is C16H24N4O. The van der Waals surface area contributed by atoms with Crippen molar-refractivity contribution in [3.8, 4) is 0 Å². The number of carbonyl (C=O) groups is 1. The van der Waals surface area contributed by atoms with Crippen LogP contribution >= 0.6 is 0 Å². The Hall–Kier alpha value is -1.62. The second-order valence-electron chi connectivity index (χ2n) is 6.67. The van der Waals surface area contributed by atoms with E-state index in [9.17, 15) is 4.79 Å². The first-order valence-electron chi connectivity index (χ1n) is 7.70. The average Bonchev–Trinajstić information content (AvgIpc) is 2.43. The van der Waals surface area contributed by atoms with Crippen molar-refractivity contribution in [2.24, 2.45) is 5.92 Å². The first-order valence-corrected chi connectivity index (χ1v) is 7.70. The number of likely N-dealkylation sites (N-methyl/N-ethyl adjacent to an activating group) is 1. The molecule has 2 aliphatic rings. The van der Waals surface area contributed by atoms with E-state index in [0.717, 1.165) is 43.2 Å². The summed E-state index contributed by atoms with van der Waals surface area (Å²) in [6.07, 6.45) is 1.90. The molecule has 114 valence electrons. The van der Waals surface area contributed by atoms with Crippen molar-refractivity contribution < 1.29 is 4.79 Å². The number of carbonyl (C=O) groups excluding carboxylic acids is 1. The van der Waals surface area contributed by atoms with Gasteiger partial charge in [0.05, 0.1) is 5.69 Å². The Morgan fingerprint density at radius 2 is 2.14 bits per heavy atom. The highest BCUT2D eigenvalue weighted by Crippen LogP contribution is 2.36. The highest BCUT2D eigenvalue weighted by atomic mass is 16.2. The second kappa shape index (κ2) is 5.30. The summed E-state index contributed by atoms with van der Waals surface area (Å²) in [5, 5.41) is 0. The Labute approximate surface area is 126 Å². The van der Waals surface area contributed by atoms with Crippen LogP contribution < -0.4 is 9.80 Å². The molecule has 5 nitrogen and oxygen atoms in total. The molecule has 3 heterocycles. The van der Waals surface area contributed by atoms with Crippen LogP contribution in [0, 0.1) is 12.8 Å². The van der Waals surface area contributed by atoms with Crippen molar-refractivity contribution in [3.05, 3.63) is 17.8 Å². The number of rotatable bonds is 2. The van der Waals surface area contributed by atoms with Crippen LogP contribution in [-0.4, -0.2) is 55.1 Å². The molecule has 0 N–H and O–H groups in total. The lowest BCUT2D eigenvalue weighted by atomic mass is 10.0. The molecule has 0 bridgehead atoms. The fourth-order valence-corrected chi connectivity index (χ4v) is 3.20. The van der Waals surface area contributed by atoms with Crippen LogP contribution in [0.1, 0.15) is 19.4 Å². The van der Waals surface area contributed by atoms with Gasteiger partial charge in [0.2, 0.25) is 0 Å². The van der Waals surface area contributed by atoms with E-state index < -0.39 is 0 Å². The first-order chi connectivity index (χ1) is 9.97. The summed E-state index contributed by atoms with van der Waals surface area (Å²) in [6, 6.07) is 2.00. The number of fused-ring (bicyclic) bond motifs is 3. The third-order valence-corrected chi connectivity index (χ3v) is 4.23. The number of piperazine rings is 1. The summed E-state index contributed by atoms with van der Waals surface area (Å²) in [4.78, 5) is 23.9. The molecule has 0 spiro atoms. The minimum atomic E-state index is -0.0924. The summed E-state index contributed by atoms with van der Waals surface area (Å²) in [5.74, 6) is 1.63. The third-order valence-electron chi connectivity index (χ3n) is 4.23. The van der Waals surface area contributed by atoms with E-state index >= 15 is 0 Å². The number of hydrogen-bond acceptors (Lipinski definition) is 4. The molecule has 0 aromatic carbocycles. The molecule has 1 amide bonds. The van der Waals surface area contributed by atoms with Crippen molar-refractivity contribution >= 4 is 17.4 Å². The summed E-state index contributed by atoms with van der Waals surface area (Å²) in [7, 11) is 2.08. The van der Waals surface area contributed by atoms with Crippen molar-refractivity contribution in [1.29, 1.82) is 0 Å². The van der Waals surface area contributed by atoms with Crippen LogP contribution in [0.4, 0.5) is 11.5 Å². The molecule has 0 radical (unpaired) electrons. The van der Waals surface area contributed by atoms with E-state index in [-0.39, 0.29) is 11.9 Å². The average molecular weight is 288 g/mol. The molecule has 0 aliphatic carbocycles. The van der Waals surface area contributed by atoms with Crippen LogP contribution in [0.5, 0.6) is 0 Å². The van der Waals surface area contributed by atoms with Gasteiger partial charge in [0.25, 0.3) is 5.91 Å². The zero-order valence-corrected chi connectivity index (χ0v) is 13.3. The van der Waals surface area contributed by atoms with Gasteiger partial charge in [0, 0.05) is 32.4 Å². The van der Waals surface area contributed by atoms with Gasteiger partial charge in [-0.2, -0.15) is 0 Å².